The van der Waals surface area contributed by atoms with E-state index in [0.717, 1.165) is 31.7 Å². The van der Waals surface area contributed by atoms with Gasteiger partial charge >= 0.3 is 6.03 Å². The highest BCUT2D eigenvalue weighted by molar-refractivity contribution is 5.74. The lowest BCUT2D eigenvalue weighted by Crippen LogP contribution is -2.49. The Bertz CT molecular complexity index is 841. The molecule has 0 saturated heterocycles. The first-order valence-electron chi connectivity index (χ1n) is 10.6. The fourth-order valence-electron chi connectivity index (χ4n) is 4.18. The third-order valence-corrected chi connectivity index (χ3v) is 5.62. The van der Waals surface area contributed by atoms with Crippen LogP contribution in [-0.2, 0) is 13.0 Å². The van der Waals surface area contributed by atoms with E-state index >= 15 is 0 Å². The fraction of sp³-hybridized carbons (Fsp3) is 0.458. The number of ether oxygens (including phenoxy) is 2. The number of fused-ring (bicyclic) bond motifs is 1. The van der Waals surface area contributed by atoms with Crippen molar-refractivity contribution in [1.82, 2.24) is 15.5 Å². The minimum Gasteiger partial charge on any atom is -0.493 e. The molecule has 2 aromatic carbocycles. The van der Waals surface area contributed by atoms with E-state index in [9.17, 15) is 4.79 Å². The standard InChI is InChI=1S/C24H33N3O3/c1-5-12-25-24(28)26-17(2)23-20-15-22(30-4)21(29-3)14-19(20)11-13-27(23)16-18-9-7-6-8-10-18/h6-10,14-15,17,23H,5,11-13,16H2,1-4H3,(H2,25,26,28). The number of methoxy groups -OCH3 is 2. The van der Waals surface area contributed by atoms with E-state index in [1.54, 1.807) is 14.2 Å². The van der Waals surface area contributed by atoms with Crippen LogP contribution in [0.2, 0.25) is 0 Å². The van der Waals surface area contributed by atoms with Gasteiger partial charge in [0.15, 0.2) is 11.5 Å². The van der Waals surface area contributed by atoms with Gasteiger partial charge in [-0.25, -0.2) is 4.79 Å². The molecule has 0 spiro atoms. The Morgan fingerprint density at radius 2 is 1.87 bits per heavy atom. The van der Waals surface area contributed by atoms with Gasteiger partial charge in [-0.05, 0) is 48.6 Å². The molecule has 1 heterocycles. The molecular weight excluding hydrogens is 378 g/mol. The predicted octanol–water partition coefficient (Wildman–Crippen LogP) is 3.90. The molecule has 1 aliphatic heterocycles. The Morgan fingerprint density at radius 3 is 2.53 bits per heavy atom. The van der Waals surface area contributed by atoms with Crippen molar-refractivity contribution in [2.75, 3.05) is 27.3 Å². The summed E-state index contributed by atoms with van der Waals surface area (Å²) in [4.78, 5) is 14.8. The average Bonchev–Trinajstić information content (AvgIpc) is 2.77. The number of carbonyl (C=O) groups is 1. The molecular formula is C24H33N3O3. The number of carbonyl (C=O) groups excluding carboxylic acids is 1. The quantitative estimate of drug-likeness (QED) is 0.692. The molecule has 0 bridgehead atoms. The van der Waals surface area contributed by atoms with Crippen LogP contribution < -0.4 is 20.1 Å². The zero-order valence-corrected chi connectivity index (χ0v) is 18.4. The van der Waals surface area contributed by atoms with E-state index in [-0.39, 0.29) is 18.1 Å². The molecule has 0 radical (unpaired) electrons. The first-order chi connectivity index (χ1) is 14.6. The zero-order valence-electron chi connectivity index (χ0n) is 18.4. The molecule has 0 aromatic heterocycles. The van der Waals surface area contributed by atoms with Crippen molar-refractivity contribution in [3.05, 3.63) is 59.2 Å². The maximum absolute atomic E-state index is 12.4. The predicted molar refractivity (Wildman–Crippen MR) is 119 cm³/mol. The Morgan fingerprint density at radius 1 is 1.17 bits per heavy atom. The largest absolute Gasteiger partial charge is 0.493 e. The van der Waals surface area contributed by atoms with Gasteiger partial charge < -0.3 is 20.1 Å². The Balaban J connectivity index is 1.93. The molecule has 0 saturated carbocycles. The lowest BCUT2D eigenvalue weighted by atomic mass is 9.87. The van der Waals surface area contributed by atoms with Crippen molar-refractivity contribution >= 4 is 6.03 Å². The second-order valence-electron chi connectivity index (χ2n) is 7.75. The van der Waals surface area contributed by atoms with Crippen molar-refractivity contribution in [2.24, 2.45) is 0 Å². The molecule has 2 aromatic rings. The van der Waals surface area contributed by atoms with Gasteiger partial charge in [0.05, 0.1) is 20.3 Å². The molecule has 1 aliphatic rings. The summed E-state index contributed by atoms with van der Waals surface area (Å²) >= 11 is 0. The summed E-state index contributed by atoms with van der Waals surface area (Å²) in [5, 5.41) is 6.06. The molecule has 2 atom stereocenters. The van der Waals surface area contributed by atoms with E-state index in [4.69, 9.17) is 9.47 Å². The maximum atomic E-state index is 12.4. The van der Waals surface area contributed by atoms with E-state index in [1.807, 2.05) is 13.0 Å². The van der Waals surface area contributed by atoms with Crippen LogP contribution in [0, 0.1) is 0 Å². The lowest BCUT2D eigenvalue weighted by Gasteiger charge is -2.41. The van der Waals surface area contributed by atoms with E-state index in [0.29, 0.717) is 12.3 Å². The first kappa shape index (κ1) is 22.0. The number of urea groups is 1. The lowest BCUT2D eigenvalue weighted by molar-refractivity contribution is 0.143. The molecule has 2 amide bonds. The molecule has 2 unspecified atom stereocenters. The third kappa shape index (κ3) is 5.05. The van der Waals surface area contributed by atoms with Gasteiger partial charge in [-0.1, -0.05) is 37.3 Å². The monoisotopic (exact) mass is 411 g/mol. The Labute approximate surface area is 179 Å². The Kier molecular flexibility index (Phi) is 7.57. The van der Waals surface area contributed by atoms with Crippen molar-refractivity contribution in [3.8, 4) is 11.5 Å². The highest BCUT2D eigenvalue weighted by Gasteiger charge is 2.33. The minimum atomic E-state index is -0.128. The fourth-order valence-corrected chi connectivity index (χ4v) is 4.18. The van der Waals surface area contributed by atoms with E-state index < -0.39 is 0 Å². The summed E-state index contributed by atoms with van der Waals surface area (Å²) in [7, 11) is 3.32. The number of rotatable bonds is 8. The van der Waals surface area contributed by atoms with Gasteiger partial charge in [0.2, 0.25) is 0 Å². The van der Waals surface area contributed by atoms with Crippen LogP contribution in [0.25, 0.3) is 0 Å². The first-order valence-corrected chi connectivity index (χ1v) is 10.6. The van der Waals surface area contributed by atoms with Crippen LogP contribution in [0.3, 0.4) is 0 Å². The van der Waals surface area contributed by atoms with Gasteiger partial charge in [-0.15, -0.1) is 0 Å². The van der Waals surface area contributed by atoms with Crippen LogP contribution in [-0.4, -0.2) is 44.3 Å². The second-order valence-corrected chi connectivity index (χ2v) is 7.75. The smallest absolute Gasteiger partial charge is 0.315 e. The summed E-state index contributed by atoms with van der Waals surface area (Å²) in [5.41, 5.74) is 3.68. The SMILES string of the molecule is CCCNC(=O)NC(C)C1c2cc(OC)c(OC)cc2CCN1Cc1ccccc1. The average molecular weight is 412 g/mol. The van der Waals surface area contributed by atoms with Gasteiger partial charge in [0.25, 0.3) is 0 Å². The summed E-state index contributed by atoms with van der Waals surface area (Å²) in [6, 6.07) is 14.4. The second kappa shape index (κ2) is 10.3. The molecule has 6 nitrogen and oxygen atoms in total. The molecule has 6 heteroatoms. The van der Waals surface area contributed by atoms with Crippen molar-refractivity contribution in [3.63, 3.8) is 0 Å². The van der Waals surface area contributed by atoms with E-state index in [2.05, 4.69) is 58.9 Å². The number of benzene rings is 2. The van der Waals surface area contributed by atoms with Crippen molar-refractivity contribution in [2.45, 2.75) is 45.3 Å². The molecule has 162 valence electrons. The Hall–Kier alpha value is -2.73. The topological polar surface area (TPSA) is 62.8 Å². The van der Waals surface area contributed by atoms with Crippen LogP contribution in [0.4, 0.5) is 4.79 Å². The van der Waals surface area contributed by atoms with Gasteiger partial charge in [0, 0.05) is 25.7 Å². The highest BCUT2D eigenvalue weighted by atomic mass is 16.5. The number of hydrogen-bond donors (Lipinski definition) is 2. The molecule has 0 aliphatic carbocycles. The molecule has 2 N–H and O–H groups in total. The third-order valence-electron chi connectivity index (χ3n) is 5.62. The number of amides is 2. The van der Waals surface area contributed by atoms with Gasteiger partial charge in [-0.3, -0.25) is 4.90 Å². The molecule has 3 rings (SSSR count). The minimum absolute atomic E-state index is 0.0288. The van der Waals surface area contributed by atoms with Crippen LogP contribution in [0.1, 0.15) is 43.0 Å². The van der Waals surface area contributed by atoms with Crippen molar-refractivity contribution < 1.29 is 14.3 Å². The highest BCUT2D eigenvalue weighted by Crippen LogP contribution is 2.40. The van der Waals surface area contributed by atoms with Gasteiger partial charge in [0.1, 0.15) is 0 Å². The van der Waals surface area contributed by atoms with Crippen molar-refractivity contribution in [1.29, 1.82) is 0 Å². The van der Waals surface area contributed by atoms with Crippen LogP contribution >= 0.6 is 0 Å². The number of hydrogen-bond acceptors (Lipinski definition) is 4. The van der Waals surface area contributed by atoms with Gasteiger partial charge in [-0.2, -0.15) is 0 Å². The summed E-state index contributed by atoms with van der Waals surface area (Å²) < 4.78 is 11.1. The normalized spacial score (nSPS) is 17.0. The van der Waals surface area contributed by atoms with E-state index in [1.165, 1.54) is 16.7 Å². The number of nitrogens with one attached hydrogen (secondary N) is 2. The number of nitrogens with zero attached hydrogens (tertiary/aromatic N) is 1. The molecule has 30 heavy (non-hydrogen) atoms. The zero-order chi connectivity index (χ0) is 21.5. The maximum Gasteiger partial charge on any atom is 0.315 e. The summed E-state index contributed by atoms with van der Waals surface area (Å²) in [6.45, 7) is 6.51. The molecule has 0 fully saturated rings. The van der Waals surface area contributed by atoms with Crippen LogP contribution in [0.5, 0.6) is 11.5 Å². The summed E-state index contributed by atoms with van der Waals surface area (Å²) in [6.07, 6.45) is 1.83. The summed E-state index contributed by atoms with van der Waals surface area (Å²) in [5.74, 6) is 1.46. The van der Waals surface area contributed by atoms with Crippen LogP contribution in [0.15, 0.2) is 42.5 Å².